The Morgan fingerprint density at radius 3 is 2.61 bits per heavy atom. The standard InChI is InChI=1S/C27H43NO3/c29-25(21-10-3-1-4-11-21)14-13-23-24-18-20(17-22(24)19-26(23)30)9-5-6-12-27(31)28-15-7-2-8-16-28/h13-14,17,21-26,29-30H,1-12,15-16,18-19H2/b14-13+/t22-,23+,24-,25+,26+/m0/s1. The van der Waals surface area contributed by atoms with Crippen LogP contribution in [0.15, 0.2) is 23.8 Å². The lowest BCUT2D eigenvalue weighted by Crippen LogP contribution is -2.35. The number of aliphatic hydroxyl groups excluding tert-OH is 2. The maximum atomic E-state index is 12.3. The van der Waals surface area contributed by atoms with Gasteiger partial charge in [-0.05, 0) is 82.0 Å². The summed E-state index contributed by atoms with van der Waals surface area (Å²) in [5.41, 5.74) is 1.53. The SMILES string of the molecule is O=C(CCCCC1=C[C@H]2C[C@@H](O)[C@H](/C=C/[C@@H](O)C3CCCCC3)[C@H]2C1)N1CCCCC1. The van der Waals surface area contributed by atoms with Crippen LogP contribution < -0.4 is 0 Å². The lowest BCUT2D eigenvalue weighted by molar-refractivity contribution is -0.132. The molecule has 1 saturated heterocycles. The van der Waals surface area contributed by atoms with E-state index in [-0.39, 0.29) is 18.1 Å². The van der Waals surface area contributed by atoms with E-state index in [1.165, 1.54) is 44.1 Å². The fourth-order valence-electron chi connectivity index (χ4n) is 6.60. The molecule has 3 fully saturated rings. The molecule has 2 saturated carbocycles. The van der Waals surface area contributed by atoms with Crippen molar-refractivity contribution >= 4 is 5.91 Å². The van der Waals surface area contributed by atoms with E-state index in [9.17, 15) is 15.0 Å². The molecule has 0 radical (unpaired) electrons. The van der Waals surface area contributed by atoms with E-state index in [1.54, 1.807) is 0 Å². The van der Waals surface area contributed by atoms with Crippen LogP contribution in [0.5, 0.6) is 0 Å². The summed E-state index contributed by atoms with van der Waals surface area (Å²) < 4.78 is 0. The quantitative estimate of drug-likeness (QED) is 0.422. The molecule has 4 aliphatic rings. The minimum absolute atomic E-state index is 0.178. The maximum Gasteiger partial charge on any atom is 0.222 e. The molecule has 1 amide bonds. The second kappa shape index (κ2) is 11.1. The van der Waals surface area contributed by atoms with Gasteiger partial charge in [-0.25, -0.2) is 0 Å². The summed E-state index contributed by atoms with van der Waals surface area (Å²) in [4.78, 5) is 14.4. The van der Waals surface area contributed by atoms with Gasteiger partial charge in [-0.15, -0.1) is 0 Å². The van der Waals surface area contributed by atoms with Crippen LogP contribution in [-0.4, -0.2) is 46.3 Å². The first kappa shape index (κ1) is 23.0. The molecule has 31 heavy (non-hydrogen) atoms. The number of nitrogens with zero attached hydrogens (tertiary/aromatic N) is 1. The van der Waals surface area contributed by atoms with Crippen LogP contribution in [0.25, 0.3) is 0 Å². The first-order chi connectivity index (χ1) is 15.1. The largest absolute Gasteiger partial charge is 0.392 e. The number of carbonyl (C=O) groups excluding carboxylic acids is 1. The number of fused-ring (bicyclic) bond motifs is 1. The summed E-state index contributed by atoms with van der Waals surface area (Å²) >= 11 is 0. The van der Waals surface area contributed by atoms with Gasteiger partial charge in [0.05, 0.1) is 12.2 Å². The van der Waals surface area contributed by atoms with Crippen molar-refractivity contribution in [3.63, 3.8) is 0 Å². The van der Waals surface area contributed by atoms with Crippen LogP contribution in [-0.2, 0) is 4.79 Å². The number of carbonyl (C=O) groups is 1. The Morgan fingerprint density at radius 1 is 1.10 bits per heavy atom. The van der Waals surface area contributed by atoms with Gasteiger partial charge in [-0.2, -0.15) is 0 Å². The predicted octanol–water partition coefficient (Wildman–Crippen LogP) is 5.00. The van der Waals surface area contributed by atoms with Crippen molar-refractivity contribution in [2.24, 2.45) is 23.7 Å². The van der Waals surface area contributed by atoms with Crippen LogP contribution in [0.2, 0.25) is 0 Å². The smallest absolute Gasteiger partial charge is 0.222 e. The molecule has 4 nitrogen and oxygen atoms in total. The van der Waals surface area contributed by atoms with E-state index in [0.717, 1.165) is 58.0 Å². The van der Waals surface area contributed by atoms with Gasteiger partial charge in [-0.3, -0.25) is 4.79 Å². The van der Waals surface area contributed by atoms with Crippen molar-refractivity contribution in [1.29, 1.82) is 0 Å². The normalized spacial score (nSPS) is 33.0. The minimum atomic E-state index is -0.349. The molecule has 2 N–H and O–H groups in total. The van der Waals surface area contributed by atoms with Crippen molar-refractivity contribution in [2.45, 2.75) is 102 Å². The van der Waals surface area contributed by atoms with E-state index in [2.05, 4.69) is 17.1 Å². The summed E-state index contributed by atoms with van der Waals surface area (Å²) in [6, 6.07) is 0. The molecule has 3 aliphatic carbocycles. The molecule has 4 heteroatoms. The molecule has 0 bridgehead atoms. The lowest BCUT2D eigenvalue weighted by atomic mass is 9.83. The van der Waals surface area contributed by atoms with Crippen LogP contribution in [0.3, 0.4) is 0 Å². The molecule has 0 spiro atoms. The molecule has 174 valence electrons. The number of amides is 1. The highest BCUT2D eigenvalue weighted by Crippen LogP contribution is 2.48. The van der Waals surface area contributed by atoms with E-state index < -0.39 is 0 Å². The third kappa shape index (κ3) is 6.01. The van der Waals surface area contributed by atoms with Crippen molar-refractivity contribution in [3.8, 4) is 0 Å². The summed E-state index contributed by atoms with van der Waals surface area (Å²) in [6.07, 6.45) is 21.4. The second-order valence-corrected chi connectivity index (χ2v) is 10.7. The molecule has 0 aromatic heterocycles. The number of aliphatic hydroxyl groups is 2. The molecule has 0 aromatic carbocycles. The number of likely N-dealkylation sites (tertiary alicyclic amines) is 1. The number of unbranched alkanes of at least 4 members (excludes halogenated alkanes) is 1. The van der Waals surface area contributed by atoms with Crippen molar-refractivity contribution in [1.82, 2.24) is 4.90 Å². The molecule has 1 aliphatic heterocycles. The van der Waals surface area contributed by atoms with Crippen molar-refractivity contribution in [3.05, 3.63) is 23.8 Å². The summed E-state index contributed by atoms with van der Waals surface area (Å²) in [5.74, 6) is 1.92. The lowest BCUT2D eigenvalue weighted by Gasteiger charge is -2.26. The van der Waals surface area contributed by atoms with Crippen LogP contribution in [0.4, 0.5) is 0 Å². The Morgan fingerprint density at radius 2 is 1.84 bits per heavy atom. The van der Waals surface area contributed by atoms with Crippen molar-refractivity contribution in [2.75, 3.05) is 13.1 Å². The Kier molecular flexibility index (Phi) is 8.28. The maximum absolute atomic E-state index is 12.3. The third-order valence-electron chi connectivity index (χ3n) is 8.46. The molecular formula is C27H43NO3. The second-order valence-electron chi connectivity index (χ2n) is 10.7. The summed E-state index contributed by atoms with van der Waals surface area (Å²) in [7, 11) is 0. The molecule has 1 heterocycles. The summed E-state index contributed by atoms with van der Waals surface area (Å²) in [6.45, 7) is 1.92. The van der Waals surface area contributed by atoms with Gasteiger partial charge < -0.3 is 15.1 Å². The third-order valence-corrected chi connectivity index (χ3v) is 8.46. The van der Waals surface area contributed by atoms with E-state index in [0.29, 0.717) is 30.1 Å². The first-order valence-corrected chi connectivity index (χ1v) is 13.1. The van der Waals surface area contributed by atoms with Crippen molar-refractivity contribution < 1.29 is 15.0 Å². The Labute approximate surface area is 188 Å². The number of rotatable bonds is 8. The molecule has 0 unspecified atom stereocenters. The topological polar surface area (TPSA) is 60.8 Å². The van der Waals surface area contributed by atoms with Gasteiger partial charge >= 0.3 is 0 Å². The van der Waals surface area contributed by atoms with Gasteiger partial charge in [0.2, 0.25) is 5.91 Å². The van der Waals surface area contributed by atoms with Gasteiger partial charge in [0.1, 0.15) is 0 Å². The van der Waals surface area contributed by atoms with E-state index in [1.807, 2.05) is 6.08 Å². The number of piperidine rings is 1. The zero-order valence-corrected chi connectivity index (χ0v) is 19.3. The number of allylic oxidation sites excluding steroid dienone is 2. The Bertz CT molecular complexity index is 645. The van der Waals surface area contributed by atoms with Gasteiger partial charge in [0, 0.05) is 25.4 Å². The predicted molar refractivity (Wildman–Crippen MR) is 124 cm³/mol. The van der Waals surface area contributed by atoms with Crippen LogP contribution in [0.1, 0.15) is 89.9 Å². The molecule has 4 rings (SSSR count). The van der Waals surface area contributed by atoms with E-state index >= 15 is 0 Å². The minimum Gasteiger partial charge on any atom is -0.392 e. The molecule has 0 aromatic rings. The Balaban J connectivity index is 1.19. The molecule has 5 atom stereocenters. The van der Waals surface area contributed by atoms with Gasteiger partial charge in [0.15, 0.2) is 0 Å². The highest BCUT2D eigenvalue weighted by molar-refractivity contribution is 5.76. The highest BCUT2D eigenvalue weighted by Gasteiger charge is 2.43. The monoisotopic (exact) mass is 429 g/mol. The molecular weight excluding hydrogens is 386 g/mol. The van der Waals surface area contributed by atoms with Gasteiger partial charge in [-0.1, -0.05) is 43.1 Å². The fourth-order valence-corrected chi connectivity index (χ4v) is 6.60. The fraction of sp³-hybridized carbons (Fsp3) is 0.815. The van der Waals surface area contributed by atoms with Crippen LogP contribution in [0, 0.1) is 23.7 Å². The average molecular weight is 430 g/mol. The number of hydrogen-bond acceptors (Lipinski definition) is 3. The zero-order valence-electron chi connectivity index (χ0n) is 19.3. The highest BCUT2D eigenvalue weighted by atomic mass is 16.3. The zero-order chi connectivity index (χ0) is 21.6. The Hall–Kier alpha value is -1.13. The van der Waals surface area contributed by atoms with Crippen LogP contribution >= 0.6 is 0 Å². The average Bonchev–Trinajstić information content (AvgIpc) is 3.32. The summed E-state index contributed by atoms with van der Waals surface area (Å²) in [5, 5.41) is 21.2. The number of hydrogen-bond donors (Lipinski definition) is 2. The first-order valence-electron chi connectivity index (χ1n) is 13.1. The van der Waals surface area contributed by atoms with E-state index in [4.69, 9.17) is 0 Å². The van der Waals surface area contributed by atoms with Gasteiger partial charge in [0.25, 0.3) is 0 Å².